The third-order valence-corrected chi connectivity index (χ3v) is 6.03. The number of rotatable bonds is 5. The van der Waals surface area contributed by atoms with Crippen LogP contribution in [0.25, 0.3) is 10.8 Å². The molecule has 0 saturated heterocycles. The molecule has 5 nitrogen and oxygen atoms in total. The SMILES string of the molecule is CC(NC(=O)CSc1nnc2n1CCCCC2)c1ccc2ccccc2c1. The van der Waals surface area contributed by atoms with E-state index in [9.17, 15) is 4.79 Å². The van der Waals surface area contributed by atoms with E-state index in [-0.39, 0.29) is 11.9 Å². The van der Waals surface area contributed by atoms with Gasteiger partial charge in [-0.3, -0.25) is 4.79 Å². The second-order valence-electron chi connectivity index (χ2n) is 7.05. The lowest BCUT2D eigenvalue weighted by atomic mass is 10.0. The van der Waals surface area contributed by atoms with Gasteiger partial charge in [-0.1, -0.05) is 54.6 Å². The Hall–Kier alpha value is -2.34. The first-order valence-corrected chi connectivity index (χ1v) is 10.5. The first-order valence-electron chi connectivity index (χ1n) is 9.53. The van der Waals surface area contributed by atoms with Gasteiger partial charge in [-0.15, -0.1) is 10.2 Å². The van der Waals surface area contributed by atoms with Crippen LogP contribution in [0.3, 0.4) is 0 Å². The quantitative estimate of drug-likeness (QED) is 0.676. The van der Waals surface area contributed by atoms with Crippen LogP contribution in [0.1, 0.15) is 43.6 Å². The van der Waals surface area contributed by atoms with Gasteiger partial charge >= 0.3 is 0 Å². The number of fused-ring (bicyclic) bond motifs is 2. The first-order chi connectivity index (χ1) is 13.2. The molecule has 0 radical (unpaired) electrons. The standard InChI is InChI=1S/C21H24N4OS/c1-15(17-11-10-16-7-4-5-8-18(16)13-17)22-20(26)14-27-21-24-23-19-9-3-2-6-12-25(19)21/h4-5,7-8,10-11,13,15H,2-3,6,9,12,14H2,1H3,(H,22,26). The molecule has 4 rings (SSSR count). The summed E-state index contributed by atoms with van der Waals surface area (Å²) in [5.41, 5.74) is 1.11. The normalized spacial score (nSPS) is 15.1. The molecule has 1 aliphatic rings. The molecule has 0 saturated carbocycles. The number of aryl methyl sites for hydroxylation is 1. The van der Waals surface area contributed by atoms with Crippen molar-refractivity contribution in [3.05, 3.63) is 53.9 Å². The Kier molecular flexibility index (Phi) is 5.43. The minimum atomic E-state index is -0.0294. The number of nitrogens with zero attached hydrogens (tertiary/aromatic N) is 3. The van der Waals surface area contributed by atoms with Crippen molar-refractivity contribution >= 4 is 28.4 Å². The summed E-state index contributed by atoms with van der Waals surface area (Å²) in [5, 5.41) is 14.9. The van der Waals surface area contributed by atoms with Crippen molar-refractivity contribution in [3.8, 4) is 0 Å². The van der Waals surface area contributed by atoms with Crippen LogP contribution in [0, 0.1) is 0 Å². The summed E-state index contributed by atoms with van der Waals surface area (Å²) >= 11 is 1.48. The molecule has 0 fully saturated rings. The van der Waals surface area contributed by atoms with E-state index in [2.05, 4.69) is 50.4 Å². The van der Waals surface area contributed by atoms with Crippen LogP contribution >= 0.6 is 11.8 Å². The average Bonchev–Trinajstić information content (AvgIpc) is 2.92. The second kappa shape index (κ2) is 8.13. The highest BCUT2D eigenvalue weighted by molar-refractivity contribution is 7.99. The molecule has 0 bridgehead atoms. The summed E-state index contributed by atoms with van der Waals surface area (Å²) in [4.78, 5) is 12.4. The molecule has 0 spiro atoms. The minimum Gasteiger partial charge on any atom is -0.349 e. The highest BCUT2D eigenvalue weighted by Crippen LogP contribution is 2.23. The van der Waals surface area contributed by atoms with E-state index in [1.165, 1.54) is 35.4 Å². The molecular weight excluding hydrogens is 356 g/mol. The number of hydrogen-bond acceptors (Lipinski definition) is 4. The monoisotopic (exact) mass is 380 g/mol. The van der Waals surface area contributed by atoms with E-state index in [4.69, 9.17) is 0 Å². The fourth-order valence-electron chi connectivity index (χ4n) is 3.54. The van der Waals surface area contributed by atoms with Crippen LogP contribution in [0.2, 0.25) is 0 Å². The van der Waals surface area contributed by atoms with Gasteiger partial charge in [0.05, 0.1) is 11.8 Å². The summed E-state index contributed by atoms with van der Waals surface area (Å²) in [6, 6.07) is 14.6. The highest BCUT2D eigenvalue weighted by Gasteiger charge is 2.17. The van der Waals surface area contributed by atoms with Gasteiger partial charge in [-0.2, -0.15) is 0 Å². The van der Waals surface area contributed by atoms with Gasteiger partial charge in [0.15, 0.2) is 5.16 Å². The number of hydrogen-bond donors (Lipinski definition) is 1. The van der Waals surface area contributed by atoms with Crippen molar-refractivity contribution in [2.45, 2.75) is 50.4 Å². The minimum absolute atomic E-state index is 0.0200. The third-order valence-electron chi connectivity index (χ3n) is 5.06. The smallest absolute Gasteiger partial charge is 0.230 e. The Morgan fingerprint density at radius 2 is 2.00 bits per heavy atom. The molecule has 1 N–H and O–H groups in total. The number of benzene rings is 2. The molecule has 3 aromatic rings. The lowest BCUT2D eigenvalue weighted by Gasteiger charge is -2.15. The van der Waals surface area contributed by atoms with Gasteiger partial charge in [0.1, 0.15) is 5.82 Å². The molecule has 2 heterocycles. The summed E-state index contributed by atoms with van der Waals surface area (Å²) in [7, 11) is 0. The van der Waals surface area contributed by atoms with Gasteiger partial charge in [0, 0.05) is 13.0 Å². The van der Waals surface area contributed by atoms with Crippen molar-refractivity contribution in [1.82, 2.24) is 20.1 Å². The third kappa shape index (κ3) is 4.16. The van der Waals surface area contributed by atoms with Crippen LogP contribution in [0.5, 0.6) is 0 Å². The maximum Gasteiger partial charge on any atom is 0.230 e. The van der Waals surface area contributed by atoms with Gasteiger partial charge in [-0.25, -0.2) is 0 Å². The molecule has 0 aliphatic carbocycles. The Labute approximate surface area is 163 Å². The summed E-state index contributed by atoms with van der Waals surface area (Å²) in [6.07, 6.45) is 4.55. The van der Waals surface area contributed by atoms with E-state index < -0.39 is 0 Å². The molecule has 27 heavy (non-hydrogen) atoms. The number of carbonyl (C=O) groups excluding carboxylic acids is 1. The lowest BCUT2D eigenvalue weighted by molar-refractivity contribution is -0.119. The molecule has 1 aliphatic heterocycles. The average molecular weight is 381 g/mol. The summed E-state index contributed by atoms with van der Waals surface area (Å²) in [6.45, 7) is 2.98. The van der Waals surface area contributed by atoms with Gasteiger partial charge < -0.3 is 9.88 Å². The molecule has 1 aromatic heterocycles. The predicted octanol–water partition coefficient (Wildman–Crippen LogP) is 4.13. The molecule has 6 heteroatoms. The van der Waals surface area contributed by atoms with Crippen molar-refractivity contribution < 1.29 is 4.79 Å². The van der Waals surface area contributed by atoms with Gasteiger partial charge in [0.25, 0.3) is 0 Å². The van der Waals surface area contributed by atoms with Crippen molar-refractivity contribution in [2.75, 3.05) is 5.75 Å². The fraction of sp³-hybridized carbons (Fsp3) is 0.381. The van der Waals surface area contributed by atoms with Crippen molar-refractivity contribution in [3.63, 3.8) is 0 Å². The lowest BCUT2D eigenvalue weighted by Crippen LogP contribution is -2.28. The largest absolute Gasteiger partial charge is 0.349 e. The van der Waals surface area contributed by atoms with E-state index in [1.807, 2.05) is 19.1 Å². The molecule has 1 amide bonds. The zero-order valence-electron chi connectivity index (χ0n) is 15.5. The van der Waals surface area contributed by atoms with Crippen LogP contribution in [0.4, 0.5) is 0 Å². The topological polar surface area (TPSA) is 59.8 Å². The summed E-state index contributed by atoms with van der Waals surface area (Å²) < 4.78 is 2.18. The Morgan fingerprint density at radius 3 is 2.89 bits per heavy atom. The highest BCUT2D eigenvalue weighted by atomic mass is 32.2. The molecule has 140 valence electrons. The maximum absolute atomic E-state index is 12.4. The molecule has 1 atom stereocenters. The number of aromatic nitrogens is 3. The second-order valence-corrected chi connectivity index (χ2v) is 7.99. The number of nitrogens with one attached hydrogen (secondary N) is 1. The van der Waals surface area contributed by atoms with Crippen LogP contribution in [-0.2, 0) is 17.8 Å². The van der Waals surface area contributed by atoms with E-state index in [0.717, 1.165) is 35.9 Å². The van der Waals surface area contributed by atoms with E-state index in [1.54, 1.807) is 0 Å². The van der Waals surface area contributed by atoms with Gasteiger partial charge in [0.2, 0.25) is 5.91 Å². The molecule has 1 unspecified atom stereocenters. The first kappa shape index (κ1) is 18.0. The van der Waals surface area contributed by atoms with Crippen LogP contribution in [-0.4, -0.2) is 26.4 Å². The zero-order chi connectivity index (χ0) is 18.6. The van der Waals surface area contributed by atoms with Gasteiger partial charge in [-0.05, 0) is 42.2 Å². The number of thioether (sulfide) groups is 1. The van der Waals surface area contributed by atoms with E-state index in [0.29, 0.717) is 5.75 Å². The Morgan fingerprint density at radius 1 is 1.15 bits per heavy atom. The number of amides is 1. The predicted molar refractivity (Wildman–Crippen MR) is 109 cm³/mol. The van der Waals surface area contributed by atoms with E-state index >= 15 is 0 Å². The number of carbonyl (C=O) groups is 1. The Bertz CT molecular complexity index is 952. The Balaban J connectivity index is 1.37. The van der Waals surface area contributed by atoms with Crippen LogP contribution in [0.15, 0.2) is 47.6 Å². The van der Waals surface area contributed by atoms with Crippen molar-refractivity contribution in [1.29, 1.82) is 0 Å². The van der Waals surface area contributed by atoms with Crippen LogP contribution < -0.4 is 5.32 Å². The zero-order valence-corrected chi connectivity index (χ0v) is 16.3. The molecule has 2 aromatic carbocycles. The summed E-state index contributed by atoms with van der Waals surface area (Å²) in [5.74, 6) is 1.43. The maximum atomic E-state index is 12.4. The fourth-order valence-corrected chi connectivity index (χ4v) is 4.33. The van der Waals surface area contributed by atoms with Crippen molar-refractivity contribution in [2.24, 2.45) is 0 Å². The molecular formula is C21H24N4OS.